The molecule has 1 aromatic carbocycles. The molecule has 1 unspecified atom stereocenters. The number of anilines is 1. The smallest absolute Gasteiger partial charge is 0.0717 e. The van der Waals surface area contributed by atoms with E-state index < -0.39 is 0 Å². The summed E-state index contributed by atoms with van der Waals surface area (Å²) in [6.07, 6.45) is 4.71. The standard InChI is InChI=1S/C16H18N2O/c19-12-15-10-17-8-6-16(15)18-9-7-14(11-18)13-4-2-1-3-5-13/h1-6,8,10,14,19H,7,9,11-12H2. The van der Waals surface area contributed by atoms with E-state index in [-0.39, 0.29) is 6.61 Å². The number of benzene rings is 1. The first-order valence-electron chi connectivity index (χ1n) is 6.72. The predicted octanol–water partition coefficient (Wildman–Crippen LogP) is 2.57. The van der Waals surface area contributed by atoms with E-state index in [1.807, 2.05) is 6.07 Å². The van der Waals surface area contributed by atoms with Gasteiger partial charge in [-0.25, -0.2) is 0 Å². The molecule has 0 radical (unpaired) electrons. The lowest BCUT2D eigenvalue weighted by Crippen LogP contribution is -2.20. The molecule has 19 heavy (non-hydrogen) atoms. The molecular weight excluding hydrogens is 236 g/mol. The molecule has 1 aliphatic heterocycles. The van der Waals surface area contributed by atoms with Crippen molar-refractivity contribution in [1.29, 1.82) is 0 Å². The normalized spacial score (nSPS) is 18.8. The Morgan fingerprint density at radius 2 is 2.05 bits per heavy atom. The number of hydrogen-bond donors (Lipinski definition) is 1. The summed E-state index contributed by atoms with van der Waals surface area (Å²) in [4.78, 5) is 6.43. The quantitative estimate of drug-likeness (QED) is 0.914. The van der Waals surface area contributed by atoms with Crippen LogP contribution < -0.4 is 4.90 Å². The summed E-state index contributed by atoms with van der Waals surface area (Å²) in [5, 5.41) is 9.40. The van der Waals surface area contributed by atoms with Crippen LogP contribution in [-0.2, 0) is 6.61 Å². The average Bonchev–Trinajstić information content (AvgIpc) is 2.98. The third-order valence-corrected chi connectivity index (χ3v) is 3.85. The number of nitrogens with zero attached hydrogens (tertiary/aromatic N) is 2. The first-order chi connectivity index (χ1) is 9.38. The summed E-state index contributed by atoms with van der Waals surface area (Å²) in [6.45, 7) is 2.10. The molecule has 1 fully saturated rings. The summed E-state index contributed by atoms with van der Waals surface area (Å²) < 4.78 is 0. The van der Waals surface area contributed by atoms with Crippen molar-refractivity contribution in [1.82, 2.24) is 4.98 Å². The van der Waals surface area contributed by atoms with Crippen LogP contribution in [0.5, 0.6) is 0 Å². The second-order valence-electron chi connectivity index (χ2n) is 5.00. The monoisotopic (exact) mass is 254 g/mol. The van der Waals surface area contributed by atoms with E-state index in [0.717, 1.165) is 30.8 Å². The molecule has 0 bridgehead atoms. The van der Waals surface area contributed by atoms with Crippen LogP contribution in [0.25, 0.3) is 0 Å². The molecular formula is C16H18N2O. The van der Waals surface area contributed by atoms with E-state index in [0.29, 0.717) is 5.92 Å². The molecule has 0 saturated carbocycles. The zero-order valence-corrected chi connectivity index (χ0v) is 10.9. The molecule has 2 aromatic rings. The zero-order valence-electron chi connectivity index (χ0n) is 10.9. The minimum absolute atomic E-state index is 0.0513. The third kappa shape index (κ3) is 2.47. The Hall–Kier alpha value is -1.87. The molecule has 1 N–H and O–H groups in total. The highest BCUT2D eigenvalue weighted by Gasteiger charge is 2.25. The molecule has 1 saturated heterocycles. The predicted molar refractivity (Wildman–Crippen MR) is 76.2 cm³/mol. The highest BCUT2D eigenvalue weighted by Crippen LogP contribution is 2.31. The van der Waals surface area contributed by atoms with Crippen molar-refractivity contribution in [2.75, 3.05) is 18.0 Å². The highest BCUT2D eigenvalue weighted by atomic mass is 16.3. The van der Waals surface area contributed by atoms with Crippen LogP contribution in [0.4, 0.5) is 5.69 Å². The summed E-state index contributed by atoms with van der Waals surface area (Å²) in [6, 6.07) is 12.7. The van der Waals surface area contributed by atoms with Gasteiger partial charge in [0.15, 0.2) is 0 Å². The van der Waals surface area contributed by atoms with E-state index in [2.05, 4.69) is 40.2 Å². The van der Waals surface area contributed by atoms with Crippen LogP contribution in [0.2, 0.25) is 0 Å². The van der Waals surface area contributed by atoms with Crippen molar-refractivity contribution in [3.05, 3.63) is 59.9 Å². The van der Waals surface area contributed by atoms with E-state index >= 15 is 0 Å². The molecule has 3 nitrogen and oxygen atoms in total. The first kappa shape index (κ1) is 12.2. The van der Waals surface area contributed by atoms with Gasteiger partial charge >= 0.3 is 0 Å². The third-order valence-electron chi connectivity index (χ3n) is 3.85. The lowest BCUT2D eigenvalue weighted by molar-refractivity contribution is 0.281. The number of aromatic nitrogens is 1. The van der Waals surface area contributed by atoms with Crippen LogP contribution in [0.15, 0.2) is 48.8 Å². The van der Waals surface area contributed by atoms with Crippen LogP contribution >= 0.6 is 0 Å². The van der Waals surface area contributed by atoms with Gasteiger partial charge in [-0.1, -0.05) is 30.3 Å². The zero-order chi connectivity index (χ0) is 13.1. The molecule has 0 aliphatic carbocycles. The van der Waals surface area contributed by atoms with Gasteiger partial charge in [0.05, 0.1) is 6.61 Å². The van der Waals surface area contributed by atoms with E-state index in [4.69, 9.17) is 0 Å². The summed E-state index contributed by atoms with van der Waals surface area (Å²) in [5.41, 5.74) is 3.44. The maximum absolute atomic E-state index is 9.40. The van der Waals surface area contributed by atoms with Crippen LogP contribution in [-0.4, -0.2) is 23.2 Å². The second-order valence-corrected chi connectivity index (χ2v) is 5.00. The number of hydrogen-bond acceptors (Lipinski definition) is 3. The maximum atomic E-state index is 9.40. The van der Waals surface area contributed by atoms with Crippen LogP contribution in [0.3, 0.4) is 0 Å². The molecule has 1 atom stereocenters. The minimum atomic E-state index is 0.0513. The Labute approximate surface area is 113 Å². The largest absolute Gasteiger partial charge is 0.392 e. The average molecular weight is 254 g/mol. The van der Waals surface area contributed by atoms with Crippen molar-refractivity contribution in [3.8, 4) is 0 Å². The van der Waals surface area contributed by atoms with Crippen molar-refractivity contribution >= 4 is 5.69 Å². The van der Waals surface area contributed by atoms with Gasteiger partial charge in [-0.3, -0.25) is 4.98 Å². The van der Waals surface area contributed by atoms with Crippen molar-refractivity contribution in [2.24, 2.45) is 0 Å². The van der Waals surface area contributed by atoms with Crippen molar-refractivity contribution < 1.29 is 5.11 Å². The maximum Gasteiger partial charge on any atom is 0.0717 e. The van der Waals surface area contributed by atoms with Gasteiger partial charge < -0.3 is 10.0 Å². The Morgan fingerprint density at radius 1 is 1.21 bits per heavy atom. The lowest BCUT2D eigenvalue weighted by Gasteiger charge is -2.21. The Bertz CT molecular complexity index is 541. The molecule has 0 amide bonds. The van der Waals surface area contributed by atoms with Crippen LogP contribution in [0, 0.1) is 0 Å². The Balaban J connectivity index is 1.79. The van der Waals surface area contributed by atoms with E-state index in [1.54, 1.807) is 12.4 Å². The number of pyridine rings is 1. The van der Waals surface area contributed by atoms with Crippen LogP contribution in [0.1, 0.15) is 23.5 Å². The Morgan fingerprint density at radius 3 is 2.84 bits per heavy atom. The fourth-order valence-electron chi connectivity index (χ4n) is 2.83. The lowest BCUT2D eigenvalue weighted by atomic mass is 9.99. The van der Waals surface area contributed by atoms with Crippen molar-refractivity contribution in [3.63, 3.8) is 0 Å². The van der Waals surface area contributed by atoms with E-state index in [9.17, 15) is 5.11 Å². The highest BCUT2D eigenvalue weighted by molar-refractivity contribution is 5.53. The van der Waals surface area contributed by atoms with Gasteiger partial charge in [0.25, 0.3) is 0 Å². The van der Waals surface area contributed by atoms with Gasteiger partial charge in [-0.05, 0) is 18.1 Å². The van der Waals surface area contributed by atoms with Gasteiger partial charge in [0.1, 0.15) is 0 Å². The van der Waals surface area contributed by atoms with Gasteiger partial charge in [0.2, 0.25) is 0 Å². The molecule has 3 heteroatoms. The number of aliphatic hydroxyl groups is 1. The molecule has 1 aromatic heterocycles. The van der Waals surface area contributed by atoms with Gasteiger partial charge in [0, 0.05) is 42.7 Å². The minimum Gasteiger partial charge on any atom is -0.392 e. The topological polar surface area (TPSA) is 36.4 Å². The Kier molecular flexibility index (Phi) is 3.47. The SMILES string of the molecule is OCc1cnccc1N1CCC(c2ccccc2)C1. The van der Waals surface area contributed by atoms with E-state index in [1.165, 1.54) is 5.56 Å². The fourth-order valence-corrected chi connectivity index (χ4v) is 2.83. The molecule has 98 valence electrons. The first-order valence-corrected chi connectivity index (χ1v) is 6.72. The second kappa shape index (κ2) is 5.41. The number of rotatable bonds is 3. The summed E-state index contributed by atoms with van der Waals surface area (Å²) in [7, 11) is 0. The fraction of sp³-hybridized carbons (Fsp3) is 0.312. The summed E-state index contributed by atoms with van der Waals surface area (Å²) >= 11 is 0. The van der Waals surface area contributed by atoms with Gasteiger partial charge in [-0.15, -0.1) is 0 Å². The molecule has 0 spiro atoms. The van der Waals surface area contributed by atoms with Gasteiger partial charge in [-0.2, -0.15) is 0 Å². The number of aliphatic hydroxyl groups excluding tert-OH is 1. The molecule has 1 aliphatic rings. The summed E-state index contributed by atoms with van der Waals surface area (Å²) in [5.74, 6) is 0.584. The molecule has 2 heterocycles. The van der Waals surface area contributed by atoms with Crippen molar-refractivity contribution in [2.45, 2.75) is 18.9 Å². The molecule has 3 rings (SSSR count).